The molecule has 0 radical (unpaired) electrons. The van der Waals surface area contributed by atoms with Gasteiger partial charge < -0.3 is 24.4 Å². The number of aromatic nitrogens is 2. The van der Waals surface area contributed by atoms with Gasteiger partial charge in [-0.3, -0.25) is 9.59 Å². The first-order valence-electron chi connectivity index (χ1n) is 10.3. The van der Waals surface area contributed by atoms with E-state index < -0.39 is 6.10 Å². The van der Waals surface area contributed by atoms with E-state index in [4.69, 9.17) is 9.15 Å². The molecule has 8 heteroatoms. The van der Waals surface area contributed by atoms with Gasteiger partial charge in [-0.25, -0.2) is 4.98 Å². The minimum Gasteiger partial charge on any atom is -0.477 e. The van der Waals surface area contributed by atoms with Crippen molar-refractivity contribution in [1.82, 2.24) is 15.3 Å². The average Bonchev–Trinajstić information content (AvgIpc) is 3.17. The first-order chi connectivity index (χ1) is 15.1. The standard InChI is InChI=1S/C23H22N4O4/c1-2-11-24-22(28)18-12-27(15-8-4-6-10-17(15)30-18)13-19-25-20-14-7-3-5-9-16(14)31-21(20)23(29)26-19/h3-10,18H,2,11-13H2,1H3,(H,24,28)(H,25,26,29)/t18-/m0/s1. The quantitative estimate of drug-likeness (QED) is 0.517. The first-order valence-corrected chi connectivity index (χ1v) is 10.3. The average molecular weight is 418 g/mol. The van der Waals surface area contributed by atoms with Gasteiger partial charge in [0.2, 0.25) is 5.58 Å². The molecule has 1 aliphatic rings. The van der Waals surface area contributed by atoms with Gasteiger partial charge in [0.25, 0.3) is 11.5 Å². The molecule has 1 amide bonds. The predicted molar refractivity (Wildman–Crippen MR) is 117 cm³/mol. The second kappa shape index (κ2) is 7.79. The Morgan fingerprint density at radius 2 is 2.03 bits per heavy atom. The highest BCUT2D eigenvalue weighted by atomic mass is 16.5. The van der Waals surface area contributed by atoms with Gasteiger partial charge in [-0.05, 0) is 30.7 Å². The summed E-state index contributed by atoms with van der Waals surface area (Å²) in [5, 5.41) is 3.69. The van der Waals surface area contributed by atoms with Crippen molar-refractivity contribution in [2.24, 2.45) is 0 Å². The number of amides is 1. The molecule has 2 N–H and O–H groups in total. The zero-order chi connectivity index (χ0) is 21.4. The first kappa shape index (κ1) is 19.2. The number of furan rings is 1. The number of carbonyl (C=O) groups is 1. The van der Waals surface area contributed by atoms with Crippen LogP contribution in [0.15, 0.2) is 57.7 Å². The molecule has 2 aromatic heterocycles. The lowest BCUT2D eigenvalue weighted by Crippen LogP contribution is -2.49. The van der Waals surface area contributed by atoms with Crippen LogP contribution in [0.25, 0.3) is 22.1 Å². The van der Waals surface area contributed by atoms with Gasteiger partial charge in [0.15, 0.2) is 6.10 Å². The molecule has 0 spiro atoms. The Kier molecular flexibility index (Phi) is 4.82. The van der Waals surface area contributed by atoms with Crippen molar-refractivity contribution in [3.63, 3.8) is 0 Å². The van der Waals surface area contributed by atoms with Gasteiger partial charge >= 0.3 is 0 Å². The Labute approximate surface area is 177 Å². The zero-order valence-corrected chi connectivity index (χ0v) is 17.1. The van der Waals surface area contributed by atoms with Crippen molar-refractivity contribution in [3.8, 4) is 5.75 Å². The molecule has 2 aromatic carbocycles. The topological polar surface area (TPSA) is 100 Å². The van der Waals surface area contributed by atoms with E-state index in [0.717, 1.165) is 17.5 Å². The van der Waals surface area contributed by atoms with Gasteiger partial charge in [-0.1, -0.05) is 31.2 Å². The summed E-state index contributed by atoms with van der Waals surface area (Å²) < 4.78 is 11.6. The number of nitrogens with one attached hydrogen (secondary N) is 2. The minimum absolute atomic E-state index is 0.154. The zero-order valence-electron chi connectivity index (χ0n) is 17.1. The molecule has 5 rings (SSSR count). The molecule has 0 fully saturated rings. The molecule has 1 aliphatic heterocycles. The Morgan fingerprint density at radius 3 is 2.90 bits per heavy atom. The summed E-state index contributed by atoms with van der Waals surface area (Å²) in [6.07, 6.45) is 0.203. The van der Waals surface area contributed by atoms with Gasteiger partial charge in [0, 0.05) is 11.9 Å². The highest BCUT2D eigenvalue weighted by Crippen LogP contribution is 2.34. The van der Waals surface area contributed by atoms with E-state index in [1.807, 2.05) is 60.4 Å². The normalized spacial score (nSPS) is 15.6. The van der Waals surface area contributed by atoms with Crippen molar-refractivity contribution in [2.45, 2.75) is 26.0 Å². The molecule has 31 heavy (non-hydrogen) atoms. The highest BCUT2D eigenvalue weighted by Gasteiger charge is 2.31. The summed E-state index contributed by atoms with van der Waals surface area (Å²) in [5.41, 5.74) is 1.89. The number of hydrogen-bond donors (Lipinski definition) is 2. The summed E-state index contributed by atoms with van der Waals surface area (Å²) in [7, 11) is 0. The number of H-pyrrole nitrogens is 1. The number of carbonyl (C=O) groups excluding carboxylic acids is 1. The largest absolute Gasteiger partial charge is 0.477 e. The smallest absolute Gasteiger partial charge is 0.294 e. The third kappa shape index (κ3) is 3.50. The number of hydrogen-bond acceptors (Lipinski definition) is 6. The third-order valence-electron chi connectivity index (χ3n) is 5.32. The molecular weight excluding hydrogens is 396 g/mol. The van der Waals surface area contributed by atoms with Crippen molar-refractivity contribution < 1.29 is 13.9 Å². The van der Waals surface area contributed by atoms with Crippen LogP contribution in [-0.4, -0.2) is 35.1 Å². The van der Waals surface area contributed by atoms with Crippen LogP contribution in [0.3, 0.4) is 0 Å². The summed E-state index contributed by atoms with van der Waals surface area (Å²) >= 11 is 0. The SMILES string of the molecule is CCCNC(=O)[C@@H]1CN(Cc2nc3c(oc4ccccc43)c(=O)[nH]2)c2ccccc2O1. The van der Waals surface area contributed by atoms with E-state index in [0.29, 0.717) is 42.3 Å². The lowest BCUT2D eigenvalue weighted by atomic mass is 10.1. The van der Waals surface area contributed by atoms with Crippen LogP contribution in [0.5, 0.6) is 5.75 Å². The molecule has 8 nitrogen and oxygen atoms in total. The molecule has 4 aromatic rings. The number of ether oxygens (including phenoxy) is 1. The summed E-state index contributed by atoms with van der Waals surface area (Å²) in [4.78, 5) is 34.7. The Balaban J connectivity index is 1.50. The fourth-order valence-electron chi connectivity index (χ4n) is 3.86. The number of rotatable bonds is 5. The van der Waals surface area contributed by atoms with Crippen molar-refractivity contribution in [3.05, 3.63) is 64.7 Å². The maximum atomic E-state index is 12.7. The molecule has 0 bridgehead atoms. The maximum absolute atomic E-state index is 12.7. The maximum Gasteiger partial charge on any atom is 0.294 e. The predicted octanol–water partition coefficient (Wildman–Crippen LogP) is 2.96. The van der Waals surface area contributed by atoms with Crippen molar-refractivity contribution in [2.75, 3.05) is 18.0 Å². The van der Waals surface area contributed by atoms with Gasteiger partial charge in [-0.15, -0.1) is 0 Å². The number of benzene rings is 2. The number of anilines is 1. The van der Waals surface area contributed by atoms with Crippen LogP contribution in [0, 0.1) is 0 Å². The van der Waals surface area contributed by atoms with Gasteiger partial charge in [0.05, 0.1) is 18.8 Å². The molecule has 0 aliphatic carbocycles. The number of fused-ring (bicyclic) bond motifs is 4. The van der Waals surface area contributed by atoms with Crippen LogP contribution in [0.4, 0.5) is 5.69 Å². The second-order valence-electron chi connectivity index (χ2n) is 7.53. The number of aromatic amines is 1. The van der Waals surface area contributed by atoms with Crippen molar-refractivity contribution >= 4 is 33.7 Å². The third-order valence-corrected chi connectivity index (χ3v) is 5.32. The van der Waals surface area contributed by atoms with E-state index in [2.05, 4.69) is 15.3 Å². The van der Waals surface area contributed by atoms with Gasteiger partial charge in [-0.2, -0.15) is 0 Å². The summed E-state index contributed by atoms with van der Waals surface area (Å²) in [6.45, 7) is 3.27. The fourth-order valence-corrected chi connectivity index (χ4v) is 3.86. The van der Waals surface area contributed by atoms with Crippen LogP contribution in [0.1, 0.15) is 19.2 Å². The summed E-state index contributed by atoms with van der Waals surface area (Å²) in [5.74, 6) is 0.968. The van der Waals surface area contributed by atoms with E-state index in [1.165, 1.54) is 0 Å². The Morgan fingerprint density at radius 1 is 1.23 bits per heavy atom. The molecule has 0 saturated heterocycles. The van der Waals surface area contributed by atoms with E-state index in [-0.39, 0.29) is 17.0 Å². The van der Waals surface area contributed by atoms with Crippen LogP contribution in [-0.2, 0) is 11.3 Å². The lowest BCUT2D eigenvalue weighted by molar-refractivity contribution is -0.127. The fraction of sp³-hybridized carbons (Fsp3) is 0.261. The Bertz CT molecular complexity index is 1330. The van der Waals surface area contributed by atoms with Crippen LogP contribution in [0.2, 0.25) is 0 Å². The Hall–Kier alpha value is -3.81. The molecular formula is C23H22N4O4. The van der Waals surface area contributed by atoms with Crippen LogP contribution >= 0.6 is 0 Å². The minimum atomic E-state index is -0.647. The number of nitrogens with zero attached hydrogens (tertiary/aromatic N) is 2. The number of para-hydroxylation sites is 3. The van der Waals surface area contributed by atoms with Gasteiger partial charge in [0.1, 0.15) is 22.7 Å². The molecule has 1 atom stereocenters. The monoisotopic (exact) mass is 418 g/mol. The molecule has 0 unspecified atom stereocenters. The second-order valence-corrected chi connectivity index (χ2v) is 7.53. The summed E-state index contributed by atoms with van der Waals surface area (Å²) in [6, 6.07) is 15.0. The molecule has 0 saturated carbocycles. The van der Waals surface area contributed by atoms with Crippen molar-refractivity contribution in [1.29, 1.82) is 0 Å². The highest BCUT2D eigenvalue weighted by molar-refractivity contribution is 6.01. The van der Waals surface area contributed by atoms with E-state index in [9.17, 15) is 9.59 Å². The molecule has 158 valence electrons. The van der Waals surface area contributed by atoms with E-state index in [1.54, 1.807) is 0 Å². The lowest BCUT2D eigenvalue weighted by Gasteiger charge is -2.35. The van der Waals surface area contributed by atoms with E-state index >= 15 is 0 Å². The van der Waals surface area contributed by atoms with Crippen LogP contribution < -0.4 is 20.5 Å². The molecule has 3 heterocycles.